The third-order valence-corrected chi connectivity index (χ3v) is 4.39. The summed E-state index contributed by atoms with van der Waals surface area (Å²) in [5.41, 5.74) is 1.63. The summed E-state index contributed by atoms with van der Waals surface area (Å²) in [4.78, 5) is 33.2. The average molecular weight is 328 g/mol. The monoisotopic (exact) mass is 328 g/mol. The highest BCUT2D eigenvalue weighted by molar-refractivity contribution is 7.13. The predicted molar refractivity (Wildman–Crippen MR) is 87.5 cm³/mol. The van der Waals surface area contributed by atoms with E-state index in [2.05, 4.69) is 16.5 Å². The van der Waals surface area contributed by atoms with Crippen molar-refractivity contribution in [2.45, 2.75) is 13.3 Å². The number of hydrogen-bond donors (Lipinski definition) is 0. The van der Waals surface area contributed by atoms with E-state index in [9.17, 15) is 9.59 Å². The molecule has 0 aliphatic carbocycles. The maximum atomic E-state index is 12.7. The number of pyridine rings is 1. The molecule has 0 aromatic carbocycles. The highest BCUT2D eigenvalue weighted by Crippen LogP contribution is 2.24. The van der Waals surface area contributed by atoms with Gasteiger partial charge in [0.1, 0.15) is 10.7 Å². The van der Waals surface area contributed by atoms with E-state index in [0.29, 0.717) is 24.4 Å². The van der Waals surface area contributed by atoms with Gasteiger partial charge < -0.3 is 0 Å². The molecule has 2 amide bonds. The molecule has 1 saturated heterocycles. The molecule has 6 nitrogen and oxygen atoms in total. The molecule has 0 unspecified atom stereocenters. The highest BCUT2D eigenvalue weighted by atomic mass is 32.1. The molecule has 3 rings (SSSR count). The minimum Gasteiger partial charge on any atom is -0.268 e. The van der Waals surface area contributed by atoms with E-state index in [1.165, 1.54) is 21.4 Å². The Kier molecular flexibility index (Phi) is 4.20. The first kappa shape index (κ1) is 15.4. The lowest BCUT2D eigenvalue weighted by Crippen LogP contribution is -2.45. The number of nitrogens with zero attached hydrogens (tertiary/aromatic N) is 4. The van der Waals surface area contributed by atoms with Crippen molar-refractivity contribution in [1.29, 1.82) is 0 Å². The topological polar surface area (TPSA) is 66.4 Å². The van der Waals surface area contributed by atoms with Crippen LogP contribution in [0.25, 0.3) is 10.6 Å². The third kappa shape index (κ3) is 3.00. The number of hydrogen-bond acceptors (Lipinski definition) is 5. The van der Waals surface area contributed by atoms with Gasteiger partial charge in [-0.05, 0) is 25.5 Å². The molecule has 0 bridgehead atoms. The first-order valence-electron chi connectivity index (χ1n) is 7.23. The number of carbonyl (C=O) groups excluding carboxylic acids is 2. The fourth-order valence-electron chi connectivity index (χ4n) is 2.38. The van der Waals surface area contributed by atoms with Crippen molar-refractivity contribution < 1.29 is 9.59 Å². The third-order valence-electron chi connectivity index (χ3n) is 3.50. The second kappa shape index (κ2) is 6.29. The Hall–Kier alpha value is -2.54. The molecule has 3 heterocycles. The molecule has 0 N–H and O–H groups in total. The number of rotatable bonds is 3. The lowest BCUT2D eigenvalue weighted by Gasteiger charge is -2.27. The summed E-state index contributed by atoms with van der Waals surface area (Å²) in [6, 6.07) is 3.72. The minimum atomic E-state index is -0.261. The van der Waals surface area contributed by atoms with Crippen LogP contribution in [-0.4, -0.2) is 44.9 Å². The van der Waals surface area contributed by atoms with Gasteiger partial charge in [0.2, 0.25) is 0 Å². The average Bonchev–Trinajstić information content (AvgIpc) is 3.23. The van der Waals surface area contributed by atoms with Gasteiger partial charge >= 0.3 is 0 Å². The summed E-state index contributed by atoms with van der Waals surface area (Å²) in [7, 11) is 0. The SMILES string of the molecule is C=C(C)C(=O)N1CCCN1C(=O)c1csc(-c2cccnc2)n1. The number of aromatic nitrogens is 2. The molecule has 0 spiro atoms. The van der Waals surface area contributed by atoms with Gasteiger partial charge in [0, 0.05) is 42.0 Å². The van der Waals surface area contributed by atoms with Crippen LogP contribution in [0.1, 0.15) is 23.8 Å². The van der Waals surface area contributed by atoms with Crippen LogP contribution in [0.2, 0.25) is 0 Å². The highest BCUT2D eigenvalue weighted by Gasteiger charge is 2.32. The maximum Gasteiger partial charge on any atom is 0.291 e. The van der Waals surface area contributed by atoms with Crippen LogP contribution < -0.4 is 0 Å². The van der Waals surface area contributed by atoms with E-state index in [-0.39, 0.29) is 11.8 Å². The van der Waals surface area contributed by atoms with E-state index in [1.54, 1.807) is 24.7 Å². The lowest BCUT2D eigenvalue weighted by atomic mass is 10.3. The molecule has 2 aromatic rings. The molecular formula is C16H16N4O2S. The van der Waals surface area contributed by atoms with Gasteiger partial charge in [-0.1, -0.05) is 6.58 Å². The summed E-state index contributed by atoms with van der Waals surface area (Å²) in [6.07, 6.45) is 4.15. The number of hydrazine groups is 1. The second-order valence-corrected chi connectivity index (χ2v) is 6.13. The molecule has 0 atom stereocenters. The first-order valence-corrected chi connectivity index (χ1v) is 8.11. The van der Waals surface area contributed by atoms with Gasteiger partial charge in [-0.15, -0.1) is 11.3 Å². The molecule has 23 heavy (non-hydrogen) atoms. The van der Waals surface area contributed by atoms with Crippen molar-refractivity contribution in [2.24, 2.45) is 0 Å². The standard InChI is InChI=1S/C16H16N4O2S/c1-11(2)15(21)19-7-4-8-20(19)16(22)13-10-23-14(18-13)12-5-3-6-17-9-12/h3,5-6,9-10H,1,4,7-8H2,2H3. The number of thiazole rings is 1. The Bertz CT molecular complexity index is 756. The van der Waals surface area contributed by atoms with Crippen LogP contribution in [0.4, 0.5) is 0 Å². The smallest absolute Gasteiger partial charge is 0.268 e. The van der Waals surface area contributed by atoms with E-state index < -0.39 is 0 Å². The van der Waals surface area contributed by atoms with Crippen molar-refractivity contribution in [3.63, 3.8) is 0 Å². The summed E-state index contributed by atoms with van der Waals surface area (Å²) in [5.74, 6) is -0.484. The number of carbonyl (C=O) groups is 2. The van der Waals surface area contributed by atoms with Crippen LogP contribution in [0.5, 0.6) is 0 Å². The lowest BCUT2D eigenvalue weighted by molar-refractivity contribution is -0.136. The van der Waals surface area contributed by atoms with Crippen LogP contribution in [-0.2, 0) is 4.79 Å². The predicted octanol–water partition coefficient (Wildman–Crippen LogP) is 2.37. The van der Waals surface area contributed by atoms with Crippen molar-refractivity contribution in [3.8, 4) is 10.6 Å². The minimum absolute atomic E-state index is 0.224. The summed E-state index contributed by atoms with van der Waals surface area (Å²) >= 11 is 1.39. The normalized spacial score (nSPS) is 14.1. The van der Waals surface area contributed by atoms with Crippen molar-refractivity contribution in [2.75, 3.05) is 13.1 Å². The number of amides is 2. The van der Waals surface area contributed by atoms with Crippen LogP contribution >= 0.6 is 11.3 Å². The van der Waals surface area contributed by atoms with E-state index >= 15 is 0 Å². The van der Waals surface area contributed by atoms with Gasteiger partial charge in [0.25, 0.3) is 11.8 Å². The molecule has 1 fully saturated rings. The van der Waals surface area contributed by atoms with Crippen LogP contribution in [0.15, 0.2) is 42.1 Å². The van der Waals surface area contributed by atoms with Gasteiger partial charge in [0.05, 0.1) is 0 Å². The fraction of sp³-hybridized carbons (Fsp3) is 0.250. The molecule has 1 aliphatic rings. The van der Waals surface area contributed by atoms with Crippen molar-refractivity contribution in [1.82, 2.24) is 20.0 Å². The molecule has 0 radical (unpaired) electrons. The zero-order valence-corrected chi connectivity index (χ0v) is 13.5. The molecule has 118 valence electrons. The molecular weight excluding hydrogens is 312 g/mol. The molecule has 0 saturated carbocycles. The molecule has 1 aliphatic heterocycles. The fourth-order valence-corrected chi connectivity index (χ4v) is 3.17. The zero-order chi connectivity index (χ0) is 16.4. The van der Waals surface area contributed by atoms with Gasteiger partial charge in [-0.2, -0.15) is 0 Å². The van der Waals surface area contributed by atoms with Gasteiger partial charge in [-0.3, -0.25) is 14.6 Å². The van der Waals surface area contributed by atoms with E-state index in [0.717, 1.165) is 17.0 Å². The quantitative estimate of drug-likeness (QED) is 0.811. The van der Waals surface area contributed by atoms with Crippen molar-refractivity contribution in [3.05, 3.63) is 47.8 Å². The van der Waals surface area contributed by atoms with Crippen LogP contribution in [0.3, 0.4) is 0 Å². The maximum absolute atomic E-state index is 12.7. The Morgan fingerprint density at radius 2 is 2.09 bits per heavy atom. The van der Waals surface area contributed by atoms with Crippen LogP contribution in [0, 0.1) is 0 Å². The zero-order valence-electron chi connectivity index (χ0n) is 12.7. The Morgan fingerprint density at radius 1 is 1.30 bits per heavy atom. The Balaban J connectivity index is 1.82. The summed E-state index contributed by atoms with van der Waals surface area (Å²) in [6.45, 7) is 6.34. The van der Waals surface area contributed by atoms with Gasteiger partial charge in [-0.25, -0.2) is 15.0 Å². The Labute approximate surface area is 138 Å². The largest absolute Gasteiger partial charge is 0.291 e. The summed E-state index contributed by atoms with van der Waals surface area (Å²) in [5, 5.41) is 5.36. The molecule has 7 heteroatoms. The molecule has 2 aromatic heterocycles. The van der Waals surface area contributed by atoms with E-state index in [1.807, 2.05) is 12.1 Å². The second-order valence-electron chi connectivity index (χ2n) is 5.27. The van der Waals surface area contributed by atoms with Gasteiger partial charge in [0.15, 0.2) is 0 Å². The first-order chi connectivity index (χ1) is 11.1. The van der Waals surface area contributed by atoms with Crippen molar-refractivity contribution >= 4 is 23.2 Å². The van der Waals surface area contributed by atoms with E-state index in [4.69, 9.17) is 0 Å². The Morgan fingerprint density at radius 3 is 2.78 bits per heavy atom. The summed E-state index contributed by atoms with van der Waals surface area (Å²) < 4.78 is 0.